The van der Waals surface area contributed by atoms with Gasteiger partial charge in [-0.15, -0.1) is 11.3 Å². The number of para-hydroxylation sites is 1. The molecule has 0 bridgehead atoms. The molecule has 1 aromatic carbocycles. The Morgan fingerprint density at radius 3 is 2.57 bits per heavy atom. The van der Waals surface area contributed by atoms with Gasteiger partial charge in [-0.1, -0.05) is 24.3 Å². The van der Waals surface area contributed by atoms with Crippen molar-refractivity contribution in [3.05, 3.63) is 55.5 Å². The van der Waals surface area contributed by atoms with Gasteiger partial charge >= 0.3 is 5.97 Å². The van der Waals surface area contributed by atoms with Crippen LogP contribution < -0.4 is 19.7 Å². The number of carbonyl (C=O) groups is 1. The molecule has 2 aromatic rings. The second-order valence-corrected chi connectivity index (χ2v) is 7.01. The first-order valence-electron chi connectivity index (χ1n) is 9.17. The van der Waals surface area contributed by atoms with Gasteiger partial charge in [-0.2, -0.15) is 5.26 Å². The van der Waals surface area contributed by atoms with Crippen LogP contribution in [-0.4, -0.2) is 23.7 Å². The van der Waals surface area contributed by atoms with Crippen LogP contribution in [0.25, 0.3) is 17.3 Å². The van der Waals surface area contributed by atoms with Crippen LogP contribution in [0.2, 0.25) is 0 Å². The maximum absolute atomic E-state index is 13.1. The summed E-state index contributed by atoms with van der Waals surface area (Å²) in [5.41, 5.74) is 2.52. The molecule has 7 heteroatoms. The van der Waals surface area contributed by atoms with Gasteiger partial charge in [-0.05, 0) is 38.5 Å². The third-order valence-corrected chi connectivity index (χ3v) is 5.70. The van der Waals surface area contributed by atoms with E-state index in [0.717, 1.165) is 28.3 Å². The predicted molar refractivity (Wildman–Crippen MR) is 111 cm³/mol. The van der Waals surface area contributed by atoms with Crippen LogP contribution in [0.15, 0.2) is 35.1 Å². The molecule has 0 spiro atoms. The fourth-order valence-electron chi connectivity index (χ4n) is 3.23. The summed E-state index contributed by atoms with van der Waals surface area (Å²) in [5.74, 6) is -0.707. The molecule has 2 heterocycles. The molecule has 0 unspecified atom stereocenters. The Morgan fingerprint density at radius 1 is 1.18 bits per heavy atom. The van der Waals surface area contributed by atoms with Crippen molar-refractivity contribution in [1.29, 1.82) is 5.26 Å². The molecule has 1 aliphatic heterocycles. The summed E-state index contributed by atoms with van der Waals surface area (Å²) in [7, 11) is 0. The van der Waals surface area contributed by atoms with Crippen molar-refractivity contribution in [2.75, 3.05) is 18.1 Å². The first kappa shape index (κ1) is 19.6. The molecular weight excluding hydrogens is 374 g/mol. The first-order chi connectivity index (χ1) is 13.6. The number of nitriles is 1. The summed E-state index contributed by atoms with van der Waals surface area (Å²) in [6.07, 6.45) is 3.89. The van der Waals surface area contributed by atoms with Gasteiger partial charge < -0.3 is 9.64 Å². The fraction of sp³-hybridized carbons (Fsp3) is 0.286. The lowest BCUT2D eigenvalue weighted by molar-refractivity contribution is -0.136. The molecule has 28 heavy (non-hydrogen) atoms. The molecule has 0 saturated heterocycles. The molecule has 0 aliphatic carbocycles. The van der Waals surface area contributed by atoms with E-state index < -0.39 is 5.97 Å². The van der Waals surface area contributed by atoms with Crippen molar-refractivity contribution in [2.24, 2.45) is 0 Å². The number of nitrogens with zero attached hydrogens (tertiary/aromatic N) is 3. The largest absolute Gasteiger partial charge is 0.462 e. The fourth-order valence-corrected chi connectivity index (χ4v) is 4.46. The Hall–Kier alpha value is -3.11. The van der Waals surface area contributed by atoms with E-state index in [-0.39, 0.29) is 17.7 Å². The van der Waals surface area contributed by atoms with E-state index in [1.807, 2.05) is 56.3 Å². The topological polar surface area (TPSA) is 75.3 Å². The Labute approximate surface area is 166 Å². The van der Waals surface area contributed by atoms with Gasteiger partial charge in [0.1, 0.15) is 15.3 Å². The molecule has 6 nitrogen and oxygen atoms in total. The summed E-state index contributed by atoms with van der Waals surface area (Å²) in [6.45, 7) is 6.72. The number of rotatable bonds is 4. The Bertz CT molecular complexity index is 1160. The van der Waals surface area contributed by atoms with Gasteiger partial charge in [0, 0.05) is 18.8 Å². The van der Waals surface area contributed by atoms with Crippen molar-refractivity contribution >= 4 is 40.3 Å². The van der Waals surface area contributed by atoms with E-state index in [0.29, 0.717) is 22.3 Å². The highest BCUT2D eigenvalue weighted by molar-refractivity contribution is 7.07. The van der Waals surface area contributed by atoms with Crippen molar-refractivity contribution in [3.63, 3.8) is 0 Å². The van der Waals surface area contributed by atoms with Crippen LogP contribution in [-0.2, 0) is 16.1 Å². The first-order valence-corrected chi connectivity index (χ1v) is 9.99. The maximum Gasteiger partial charge on any atom is 0.351 e. The minimum Gasteiger partial charge on any atom is -0.462 e. The zero-order valence-corrected chi connectivity index (χ0v) is 16.9. The van der Waals surface area contributed by atoms with E-state index in [9.17, 15) is 14.9 Å². The van der Waals surface area contributed by atoms with E-state index in [1.54, 1.807) is 6.92 Å². The second-order valence-electron chi connectivity index (χ2n) is 6.01. The van der Waals surface area contributed by atoms with E-state index >= 15 is 0 Å². The maximum atomic E-state index is 13.1. The number of likely N-dealkylation sites (N-methyl/N-ethyl adjacent to an activating group) is 1. The zero-order chi connectivity index (χ0) is 20.3. The molecule has 3 rings (SSSR count). The normalized spacial score (nSPS) is 15.7. The number of esters is 1. The van der Waals surface area contributed by atoms with E-state index in [4.69, 9.17) is 4.74 Å². The SMILES string of the molecule is CCOC(=O)/C(C#N)=c1\s/c(=C2/C=Cc3ccccc3N2CC)c(=O)n1CC. The number of hydrogen-bond acceptors (Lipinski definition) is 6. The minimum absolute atomic E-state index is 0.138. The lowest BCUT2D eigenvalue weighted by atomic mass is 10.1. The van der Waals surface area contributed by atoms with Crippen molar-refractivity contribution in [3.8, 4) is 6.07 Å². The molecule has 0 N–H and O–H groups in total. The number of thiazole rings is 1. The number of hydrogen-bond donors (Lipinski definition) is 0. The van der Waals surface area contributed by atoms with Gasteiger partial charge in [0.2, 0.25) is 0 Å². The van der Waals surface area contributed by atoms with E-state index in [2.05, 4.69) is 4.90 Å². The number of ether oxygens (including phenoxy) is 1. The van der Waals surface area contributed by atoms with Crippen LogP contribution >= 0.6 is 11.3 Å². The van der Waals surface area contributed by atoms with Crippen LogP contribution in [0, 0.1) is 11.3 Å². The molecule has 1 aromatic heterocycles. The molecule has 0 fully saturated rings. The van der Waals surface area contributed by atoms with Crippen LogP contribution in [0.3, 0.4) is 0 Å². The predicted octanol–water partition coefficient (Wildman–Crippen LogP) is 1.83. The molecule has 1 aliphatic rings. The highest BCUT2D eigenvalue weighted by atomic mass is 32.1. The summed E-state index contributed by atoms with van der Waals surface area (Å²) < 4.78 is 7.29. The number of aromatic nitrogens is 1. The standard InChI is InChI=1S/C21H21N3O3S/c1-4-23-16-10-8-7-9-14(16)11-12-17(23)18-19(25)24(5-2)20(28-18)15(13-22)21(26)27-6-3/h7-12H,4-6H2,1-3H3/b18-17-,20-15-. The second kappa shape index (κ2) is 8.28. The third-order valence-electron chi connectivity index (χ3n) is 4.49. The average Bonchev–Trinajstić information content (AvgIpc) is 3.03. The zero-order valence-electron chi connectivity index (χ0n) is 16.1. The van der Waals surface area contributed by atoms with Gasteiger partial charge in [-0.25, -0.2) is 4.79 Å². The lowest BCUT2D eigenvalue weighted by Crippen LogP contribution is -2.36. The number of anilines is 1. The van der Waals surface area contributed by atoms with Crippen LogP contribution in [0.4, 0.5) is 5.69 Å². The van der Waals surface area contributed by atoms with Gasteiger partial charge in [0.15, 0.2) is 5.57 Å². The molecular formula is C21H21N3O3S. The van der Waals surface area contributed by atoms with Crippen molar-refractivity contribution < 1.29 is 9.53 Å². The van der Waals surface area contributed by atoms with Crippen LogP contribution in [0.5, 0.6) is 0 Å². The Kier molecular flexibility index (Phi) is 5.81. The van der Waals surface area contributed by atoms with Gasteiger partial charge in [0.05, 0.1) is 12.3 Å². The van der Waals surface area contributed by atoms with E-state index in [1.165, 1.54) is 4.57 Å². The van der Waals surface area contributed by atoms with Gasteiger partial charge in [0.25, 0.3) is 5.56 Å². The number of fused-ring (bicyclic) bond motifs is 1. The smallest absolute Gasteiger partial charge is 0.351 e. The average molecular weight is 395 g/mol. The highest BCUT2D eigenvalue weighted by Gasteiger charge is 2.21. The monoisotopic (exact) mass is 395 g/mol. The minimum atomic E-state index is -0.707. The number of carbonyl (C=O) groups excluding carboxylic acids is 1. The Balaban J connectivity index is 2.36. The summed E-state index contributed by atoms with van der Waals surface area (Å²) in [6, 6.07) is 9.89. The molecule has 0 atom stereocenters. The highest BCUT2D eigenvalue weighted by Crippen LogP contribution is 2.30. The van der Waals surface area contributed by atoms with Crippen molar-refractivity contribution in [2.45, 2.75) is 27.3 Å². The number of benzene rings is 1. The molecule has 0 radical (unpaired) electrons. The molecule has 144 valence electrons. The Morgan fingerprint density at radius 2 is 1.93 bits per heavy atom. The summed E-state index contributed by atoms with van der Waals surface area (Å²) >= 11 is 1.16. The summed E-state index contributed by atoms with van der Waals surface area (Å²) in [5, 5.41) is 9.51. The van der Waals surface area contributed by atoms with Crippen LogP contribution in [0.1, 0.15) is 26.3 Å². The quantitative estimate of drug-likeness (QED) is 0.739. The summed E-state index contributed by atoms with van der Waals surface area (Å²) in [4.78, 5) is 27.4. The van der Waals surface area contributed by atoms with Gasteiger partial charge in [-0.3, -0.25) is 9.36 Å². The molecule has 0 amide bonds. The third kappa shape index (κ3) is 3.27. The molecule has 0 saturated carbocycles. The lowest BCUT2D eigenvalue weighted by Gasteiger charge is -2.28. The van der Waals surface area contributed by atoms with Crippen molar-refractivity contribution in [1.82, 2.24) is 4.57 Å².